The van der Waals surface area contributed by atoms with E-state index >= 15 is 0 Å². The maximum absolute atomic E-state index is 11.8. The summed E-state index contributed by atoms with van der Waals surface area (Å²) in [5, 5.41) is 3.29. The number of amides is 2. The van der Waals surface area contributed by atoms with E-state index in [2.05, 4.69) is 11.9 Å². The summed E-state index contributed by atoms with van der Waals surface area (Å²) >= 11 is 6.13. The lowest BCUT2D eigenvalue weighted by Gasteiger charge is -2.21. The van der Waals surface area contributed by atoms with Gasteiger partial charge in [-0.3, -0.25) is 0 Å². The van der Waals surface area contributed by atoms with E-state index in [0.717, 1.165) is 5.56 Å². The van der Waals surface area contributed by atoms with E-state index in [-0.39, 0.29) is 6.03 Å². The van der Waals surface area contributed by atoms with Gasteiger partial charge in [-0.1, -0.05) is 17.7 Å². The van der Waals surface area contributed by atoms with Crippen LogP contribution in [0.1, 0.15) is 5.56 Å². The second-order valence-electron chi connectivity index (χ2n) is 4.43. The maximum Gasteiger partial charge on any atom is 0.317 e. The van der Waals surface area contributed by atoms with Gasteiger partial charge in [-0.15, -0.1) is 6.58 Å². The van der Waals surface area contributed by atoms with Crippen molar-refractivity contribution in [1.29, 1.82) is 0 Å². The summed E-state index contributed by atoms with van der Waals surface area (Å²) in [6, 6.07) is 3.42. The quantitative estimate of drug-likeness (QED) is 0.868. The molecule has 2 rings (SSSR count). The first kappa shape index (κ1) is 14.5. The fourth-order valence-electron chi connectivity index (χ4n) is 1.86. The maximum atomic E-state index is 11.8. The molecule has 0 saturated carbocycles. The molecule has 6 heteroatoms. The highest BCUT2D eigenvalue weighted by Gasteiger charge is 2.17. The third-order valence-electron chi connectivity index (χ3n) is 2.85. The molecule has 0 fully saturated rings. The van der Waals surface area contributed by atoms with Crippen LogP contribution in [0.5, 0.6) is 11.5 Å². The average Bonchev–Trinajstić information content (AvgIpc) is 2.45. The first-order valence-corrected chi connectivity index (χ1v) is 6.67. The Labute approximate surface area is 123 Å². The number of ether oxygens (including phenoxy) is 2. The number of carbonyl (C=O) groups is 1. The van der Waals surface area contributed by atoms with Gasteiger partial charge >= 0.3 is 6.03 Å². The zero-order valence-corrected chi connectivity index (χ0v) is 12.1. The van der Waals surface area contributed by atoms with Crippen molar-refractivity contribution in [2.45, 2.75) is 6.54 Å². The van der Waals surface area contributed by atoms with Gasteiger partial charge in [0, 0.05) is 20.1 Å². The van der Waals surface area contributed by atoms with E-state index in [9.17, 15) is 4.79 Å². The summed E-state index contributed by atoms with van der Waals surface area (Å²) in [5.74, 6) is 1.18. The molecule has 1 aliphatic rings. The van der Waals surface area contributed by atoms with Crippen molar-refractivity contribution >= 4 is 17.6 Å². The predicted molar refractivity (Wildman–Crippen MR) is 77.5 cm³/mol. The van der Waals surface area contributed by atoms with Gasteiger partial charge in [0.15, 0.2) is 11.5 Å². The Morgan fingerprint density at radius 3 is 3.00 bits per heavy atom. The first-order valence-electron chi connectivity index (χ1n) is 6.29. The highest BCUT2D eigenvalue weighted by atomic mass is 35.5. The lowest BCUT2D eigenvalue weighted by molar-refractivity contribution is 0.171. The second-order valence-corrected chi connectivity index (χ2v) is 4.84. The van der Waals surface area contributed by atoms with Gasteiger partial charge in [0.25, 0.3) is 0 Å². The summed E-state index contributed by atoms with van der Waals surface area (Å²) in [5.41, 5.74) is 0.861. The van der Waals surface area contributed by atoms with E-state index < -0.39 is 0 Å². The number of benzene rings is 1. The van der Waals surface area contributed by atoms with E-state index in [1.807, 2.05) is 6.07 Å². The Morgan fingerprint density at radius 2 is 2.25 bits per heavy atom. The first-order chi connectivity index (χ1) is 9.61. The van der Waals surface area contributed by atoms with Crippen molar-refractivity contribution in [2.75, 3.05) is 26.8 Å². The molecule has 0 spiro atoms. The molecule has 1 N–H and O–H groups in total. The van der Waals surface area contributed by atoms with Crippen LogP contribution in [-0.2, 0) is 6.54 Å². The van der Waals surface area contributed by atoms with Crippen molar-refractivity contribution in [3.05, 3.63) is 35.4 Å². The number of likely N-dealkylation sites (N-methyl/N-ethyl adjacent to an activating group) is 1. The molecule has 20 heavy (non-hydrogen) atoms. The predicted octanol–water partition coefficient (Wildman–Crippen LogP) is 2.44. The Kier molecular flexibility index (Phi) is 4.74. The summed E-state index contributed by atoms with van der Waals surface area (Å²) in [6.07, 6.45) is 1.67. The minimum Gasteiger partial charge on any atom is -0.486 e. The molecule has 0 aliphatic carbocycles. The minimum absolute atomic E-state index is 0.170. The van der Waals surface area contributed by atoms with E-state index in [1.54, 1.807) is 19.2 Å². The Hall–Kier alpha value is -1.88. The molecule has 0 atom stereocenters. The molecule has 0 aromatic heterocycles. The molecule has 2 amide bonds. The fraction of sp³-hybridized carbons (Fsp3) is 0.357. The molecular formula is C14H17ClN2O3. The minimum atomic E-state index is -0.170. The number of nitrogens with zero attached hydrogens (tertiary/aromatic N) is 1. The van der Waals surface area contributed by atoms with Gasteiger partial charge in [0.1, 0.15) is 13.2 Å². The van der Waals surface area contributed by atoms with Gasteiger partial charge in [0.05, 0.1) is 5.02 Å². The highest BCUT2D eigenvalue weighted by Crippen LogP contribution is 2.38. The molecule has 1 aromatic carbocycles. The Balaban J connectivity index is 2.01. The van der Waals surface area contributed by atoms with Gasteiger partial charge in [-0.25, -0.2) is 4.79 Å². The number of halogens is 1. The Bertz CT molecular complexity index is 519. The van der Waals surface area contributed by atoms with E-state index in [0.29, 0.717) is 42.8 Å². The number of nitrogens with one attached hydrogen (secondary N) is 1. The normalized spacial score (nSPS) is 12.7. The second kappa shape index (κ2) is 6.52. The SMILES string of the molecule is C=CCN(C)C(=O)NCc1cc(Cl)c2c(c1)OCCO2. The fourth-order valence-corrected chi connectivity index (χ4v) is 2.14. The molecule has 108 valence electrons. The standard InChI is InChI=1S/C14H17ClN2O3/c1-3-4-17(2)14(18)16-9-10-7-11(15)13-12(8-10)19-5-6-20-13/h3,7-8H,1,4-6,9H2,2H3,(H,16,18). The number of carbonyl (C=O) groups excluding carboxylic acids is 1. The summed E-state index contributed by atoms with van der Waals surface area (Å²) < 4.78 is 10.9. The van der Waals surface area contributed by atoms with Crippen molar-refractivity contribution < 1.29 is 14.3 Å². The highest BCUT2D eigenvalue weighted by molar-refractivity contribution is 6.32. The monoisotopic (exact) mass is 296 g/mol. The summed E-state index contributed by atoms with van der Waals surface area (Å²) in [6.45, 7) is 5.45. The van der Waals surface area contributed by atoms with Crippen molar-refractivity contribution in [1.82, 2.24) is 10.2 Å². The number of urea groups is 1. The largest absolute Gasteiger partial charge is 0.486 e. The third-order valence-corrected chi connectivity index (χ3v) is 3.13. The molecule has 0 radical (unpaired) electrons. The lowest BCUT2D eigenvalue weighted by atomic mass is 10.2. The molecule has 0 bridgehead atoms. The third kappa shape index (κ3) is 3.36. The van der Waals surface area contributed by atoms with E-state index in [1.165, 1.54) is 4.90 Å². The van der Waals surface area contributed by atoms with Crippen molar-refractivity contribution in [2.24, 2.45) is 0 Å². The summed E-state index contributed by atoms with van der Waals surface area (Å²) in [4.78, 5) is 13.3. The van der Waals surface area contributed by atoms with Gasteiger partial charge in [-0.05, 0) is 17.7 Å². The average molecular weight is 297 g/mol. The van der Waals surface area contributed by atoms with Gasteiger partial charge in [0.2, 0.25) is 0 Å². The van der Waals surface area contributed by atoms with Crippen LogP contribution in [0, 0.1) is 0 Å². The topological polar surface area (TPSA) is 50.8 Å². The number of hydrogen-bond donors (Lipinski definition) is 1. The van der Waals surface area contributed by atoms with Crippen LogP contribution >= 0.6 is 11.6 Å². The van der Waals surface area contributed by atoms with Gasteiger partial charge < -0.3 is 19.7 Å². The van der Waals surface area contributed by atoms with Crippen molar-refractivity contribution in [3.8, 4) is 11.5 Å². The zero-order chi connectivity index (χ0) is 14.5. The van der Waals surface area contributed by atoms with Crippen molar-refractivity contribution in [3.63, 3.8) is 0 Å². The van der Waals surface area contributed by atoms with Crippen LogP contribution in [0.25, 0.3) is 0 Å². The van der Waals surface area contributed by atoms with Crippen LogP contribution in [0.4, 0.5) is 4.79 Å². The summed E-state index contributed by atoms with van der Waals surface area (Å²) in [7, 11) is 1.70. The molecular weight excluding hydrogens is 280 g/mol. The van der Waals surface area contributed by atoms with Crippen LogP contribution in [0.15, 0.2) is 24.8 Å². The molecule has 1 heterocycles. The van der Waals surface area contributed by atoms with Gasteiger partial charge in [-0.2, -0.15) is 0 Å². The molecule has 5 nitrogen and oxygen atoms in total. The lowest BCUT2D eigenvalue weighted by Crippen LogP contribution is -2.36. The molecule has 0 unspecified atom stereocenters. The number of rotatable bonds is 4. The Morgan fingerprint density at radius 1 is 1.50 bits per heavy atom. The number of hydrogen-bond acceptors (Lipinski definition) is 3. The molecule has 1 aliphatic heterocycles. The molecule has 0 saturated heterocycles. The van der Waals surface area contributed by atoms with E-state index in [4.69, 9.17) is 21.1 Å². The number of fused-ring (bicyclic) bond motifs is 1. The van der Waals surface area contributed by atoms with Crippen LogP contribution in [0.3, 0.4) is 0 Å². The molecule has 1 aromatic rings. The van der Waals surface area contributed by atoms with Crippen LogP contribution in [0.2, 0.25) is 5.02 Å². The smallest absolute Gasteiger partial charge is 0.317 e. The zero-order valence-electron chi connectivity index (χ0n) is 11.3. The van der Waals surface area contributed by atoms with Crippen LogP contribution < -0.4 is 14.8 Å². The van der Waals surface area contributed by atoms with Crippen LogP contribution in [-0.4, -0.2) is 37.7 Å².